The number of methoxy groups -OCH3 is 1. The highest BCUT2D eigenvalue weighted by atomic mass is 79.9. The van der Waals surface area contributed by atoms with Crippen molar-refractivity contribution in [3.05, 3.63) is 57.2 Å². The van der Waals surface area contributed by atoms with Crippen LogP contribution in [-0.4, -0.2) is 41.5 Å². The fourth-order valence-corrected chi connectivity index (χ4v) is 3.45. The van der Waals surface area contributed by atoms with Gasteiger partial charge < -0.3 is 20.5 Å². The van der Waals surface area contributed by atoms with Gasteiger partial charge in [-0.05, 0) is 51.8 Å². The van der Waals surface area contributed by atoms with Gasteiger partial charge in [-0.3, -0.25) is 9.59 Å². The Morgan fingerprint density at radius 3 is 2.76 bits per heavy atom. The molecule has 8 nitrogen and oxygen atoms in total. The molecule has 4 amide bonds. The minimum Gasteiger partial charge on any atom is -0.505 e. The van der Waals surface area contributed by atoms with Crippen molar-refractivity contribution in [2.24, 2.45) is 0 Å². The zero-order valence-electron chi connectivity index (χ0n) is 15.0. The number of nitrogens with one attached hydrogen (secondary N) is 2. The number of para-hydroxylation sites is 2. The Bertz CT molecular complexity index is 1020. The number of benzene rings is 2. The summed E-state index contributed by atoms with van der Waals surface area (Å²) in [6.07, 6.45) is 1.40. The van der Waals surface area contributed by atoms with Gasteiger partial charge in [0, 0.05) is 0 Å². The summed E-state index contributed by atoms with van der Waals surface area (Å²) in [5.41, 5.74) is 0.879. The van der Waals surface area contributed by atoms with Crippen molar-refractivity contribution in [1.29, 1.82) is 0 Å². The SMILES string of the molecule is COc1ccccc1NC(=O)CN1C(=O)N/C(=C/c2cc(Cl)c(O)c(Br)c2)C1=O. The molecule has 150 valence electrons. The number of aromatic hydroxyl groups is 1. The van der Waals surface area contributed by atoms with E-state index < -0.39 is 24.4 Å². The number of imide groups is 1. The van der Waals surface area contributed by atoms with Crippen LogP contribution in [0.2, 0.25) is 5.02 Å². The first-order valence-corrected chi connectivity index (χ1v) is 9.42. The number of hydrogen-bond acceptors (Lipinski definition) is 5. The van der Waals surface area contributed by atoms with Gasteiger partial charge in [0.1, 0.15) is 23.7 Å². The molecule has 3 N–H and O–H groups in total. The van der Waals surface area contributed by atoms with Gasteiger partial charge in [-0.2, -0.15) is 0 Å². The van der Waals surface area contributed by atoms with Crippen molar-refractivity contribution in [3.8, 4) is 11.5 Å². The summed E-state index contributed by atoms with van der Waals surface area (Å²) in [6, 6.07) is 9.02. The van der Waals surface area contributed by atoms with E-state index in [1.807, 2.05) is 0 Å². The van der Waals surface area contributed by atoms with E-state index in [9.17, 15) is 19.5 Å². The first kappa shape index (κ1) is 20.7. The van der Waals surface area contributed by atoms with Crippen LogP contribution >= 0.6 is 27.5 Å². The van der Waals surface area contributed by atoms with Gasteiger partial charge in [-0.25, -0.2) is 9.69 Å². The first-order chi connectivity index (χ1) is 13.8. The molecule has 0 radical (unpaired) electrons. The number of urea groups is 1. The molecular formula is C19H15BrClN3O5. The Morgan fingerprint density at radius 2 is 2.07 bits per heavy atom. The number of anilines is 1. The molecule has 10 heteroatoms. The summed E-state index contributed by atoms with van der Waals surface area (Å²) < 4.78 is 5.49. The van der Waals surface area contributed by atoms with Crippen LogP contribution in [0, 0.1) is 0 Å². The number of phenolic OH excluding ortho intramolecular Hbond substituents is 1. The summed E-state index contributed by atoms with van der Waals surface area (Å²) in [5.74, 6) is -0.904. The number of hydrogen-bond donors (Lipinski definition) is 3. The second kappa shape index (κ2) is 8.54. The molecule has 0 saturated carbocycles. The second-order valence-corrected chi connectivity index (χ2v) is 7.22. The Balaban J connectivity index is 1.74. The number of phenols is 1. The van der Waals surface area contributed by atoms with E-state index in [4.69, 9.17) is 16.3 Å². The topological polar surface area (TPSA) is 108 Å². The molecule has 1 saturated heterocycles. The lowest BCUT2D eigenvalue weighted by molar-refractivity contribution is -0.127. The highest BCUT2D eigenvalue weighted by Crippen LogP contribution is 2.33. The standard InChI is InChI=1S/C19H15BrClN3O5/c1-29-15-5-3-2-4-13(15)22-16(25)9-24-18(27)14(23-19(24)28)8-10-6-11(20)17(26)12(21)7-10/h2-8,26H,9H2,1H3,(H,22,25)(H,23,28)/b14-8+. The van der Waals surface area contributed by atoms with E-state index in [2.05, 4.69) is 26.6 Å². The molecule has 1 aliphatic heterocycles. The van der Waals surface area contributed by atoms with E-state index in [0.29, 0.717) is 21.5 Å². The number of carbonyl (C=O) groups excluding carboxylic acids is 3. The largest absolute Gasteiger partial charge is 0.505 e. The van der Waals surface area contributed by atoms with Crippen molar-refractivity contribution >= 4 is 57.1 Å². The monoisotopic (exact) mass is 479 g/mol. The van der Waals surface area contributed by atoms with E-state index >= 15 is 0 Å². The molecule has 1 heterocycles. The second-order valence-electron chi connectivity index (χ2n) is 5.96. The van der Waals surface area contributed by atoms with Crippen LogP contribution in [0.25, 0.3) is 6.08 Å². The van der Waals surface area contributed by atoms with Gasteiger partial charge in [0.05, 0.1) is 22.3 Å². The van der Waals surface area contributed by atoms with E-state index in [1.165, 1.54) is 25.3 Å². The molecule has 2 aromatic carbocycles. The number of rotatable bonds is 5. The quantitative estimate of drug-likeness (QED) is 0.449. The molecule has 1 aliphatic rings. The van der Waals surface area contributed by atoms with Crippen LogP contribution in [0.15, 0.2) is 46.6 Å². The third-order valence-corrected chi connectivity index (χ3v) is 4.89. The van der Waals surface area contributed by atoms with E-state index in [0.717, 1.165) is 4.90 Å². The number of nitrogens with zero attached hydrogens (tertiary/aromatic N) is 1. The van der Waals surface area contributed by atoms with Crippen LogP contribution in [-0.2, 0) is 9.59 Å². The smallest absolute Gasteiger partial charge is 0.329 e. The average Bonchev–Trinajstić information content (AvgIpc) is 2.93. The van der Waals surface area contributed by atoms with Crippen molar-refractivity contribution in [1.82, 2.24) is 10.2 Å². The minimum absolute atomic E-state index is 0.0197. The molecule has 2 aromatic rings. The highest BCUT2D eigenvalue weighted by molar-refractivity contribution is 9.10. The summed E-state index contributed by atoms with van der Waals surface area (Å²) in [5, 5.41) is 14.8. The van der Waals surface area contributed by atoms with E-state index in [1.54, 1.807) is 24.3 Å². The Labute approximate surface area is 179 Å². The van der Waals surface area contributed by atoms with Gasteiger partial charge in [-0.1, -0.05) is 23.7 Å². The molecule has 0 aliphatic carbocycles. The van der Waals surface area contributed by atoms with Crippen LogP contribution in [0.5, 0.6) is 11.5 Å². The van der Waals surface area contributed by atoms with Gasteiger partial charge in [-0.15, -0.1) is 0 Å². The molecule has 0 spiro atoms. The minimum atomic E-state index is -0.722. The third kappa shape index (κ3) is 4.52. The molecule has 0 unspecified atom stereocenters. The van der Waals surface area contributed by atoms with Crippen molar-refractivity contribution in [2.75, 3.05) is 19.0 Å². The van der Waals surface area contributed by atoms with Crippen molar-refractivity contribution in [2.45, 2.75) is 0 Å². The third-order valence-electron chi connectivity index (χ3n) is 4.00. The number of halogens is 2. The van der Waals surface area contributed by atoms with Crippen LogP contribution in [0.4, 0.5) is 10.5 Å². The van der Waals surface area contributed by atoms with Gasteiger partial charge in [0.15, 0.2) is 0 Å². The zero-order valence-corrected chi connectivity index (χ0v) is 17.4. The summed E-state index contributed by atoms with van der Waals surface area (Å²) in [6.45, 7) is -0.472. The zero-order chi connectivity index (χ0) is 21.1. The maximum Gasteiger partial charge on any atom is 0.329 e. The lowest BCUT2D eigenvalue weighted by Crippen LogP contribution is -2.38. The predicted octanol–water partition coefficient (Wildman–Crippen LogP) is 3.35. The van der Waals surface area contributed by atoms with Crippen molar-refractivity contribution in [3.63, 3.8) is 0 Å². The molecule has 0 bridgehead atoms. The van der Waals surface area contributed by atoms with Crippen LogP contribution < -0.4 is 15.4 Å². The molecule has 0 atom stereocenters. The molecule has 29 heavy (non-hydrogen) atoms. The fourth-order valence-electron chi connectivity index (χ4n) is 2.63. The van der Waals surface area contributed by atoms with Crippen LogP contribution in [0.3, 0.4) is 0 Å². The van der Waals surface area contributed by atoms with Gasteiger partial charge >= 0.3 is 6.03 Å². The predicted molar refractivity (Wildman–Crippen MR) is 111 cm³/mol. The molecule has 1 fully saturated rings. The highest BCUT2D eigenvalue weighted by Gasteiger charge is 2.35. The Kier molecular flexibility index (Phi) is 6.09. The fraction of sp³-hybridized carbons (Fsp3) is 0.105. The summed E-state index contributed by atoms with van der Waals surface area (Å²) in [4.78, 5) is 37.8. The lowest BCUT2D eigenvalue weighted by atomic mass is 10.2. The Morgan fingerprint density at radius 1 is 1.34 bits per heavy atom. The normalized spacial score (nSPS) is 14.9. The lowest BCUT2D eigenvalue weighted by Gasteiger charge is -2.13. The number of amides is 4. The maximum atomic E-state index is 12.5. The number of carbonyl (C=O) groups is 3. The van der Waals surface area contributed by atoms with Crippen molar-refractivity contribution < 1.29 is 24.2 Å². The first-order valence-electron chi connectivity index (χ1n) is 8.25. The molecule has 0 aromatic heterocycles. The summed E-state index contributed by atoms with van der Waals surface area (Å²) in [7, 11) is 1.47. The number of ether oxygens (including phenoxy) is 1. The summed E-state index contributed by atoms with van der Waals surface area (Å²) >= 11 is 9.07. The van der Waals surface area contributed by atoms with Crippen LogP contribution in [0.1, 0.15) is 5.56 Å². The molecule has 3 rings (SSSR count). The maximum absolute atomic E-state index is 12.5. The van der Waals surface area contributed by atoms with Gasteiger partial charge in [0.25, 0.3) is 5.91 Å². The van der Waals surface area contributed by atoms with Gasteiger partial charge in [0.2, 0.25) is 5.91 Å². The molecular weight excluding hydrogens is 466 g/mol. The average molecular weight is 481 g/mol. The Hall–Kier alpha value is -3.04. The van der Waals surface area contributed by atoms with E-state index in [-0.39, 0.29) is 16.5 Å².